The number of phenols is 1. The summed E-state index contributed by atoms with van der Waals surface area (Å²) in [6.07, 6.45) is 1.37. The van der Waals surface area contributed by atoms with E-state index in [0.717, 1.165) is 0 Å². The topological polar surface area (TPSA) is 54.4 Å². The molecule has 0 fully saturated rings. The van der Waals surface area contributed by atoms with Crippen molar-refractivity contribution in [1.82, 2.24) is 0 Å². The number of phenolic OH excluding ortho intramolecular Hbond substituents is 1. The molecule has 1 aliphatic carbocycles. The fourth-order valence-corrected chi connectivity index (χ4v) is 2.61. The van der Waals surface area contributed by atoms with Crippen molar-refractivity contribution in [2.24, 2.45) is 5.41 Å². The minimum absolute atomic E-state index is 0.0671. The van der Waals surface area contributed by atoms with Crippen molar-refractivity contribution >= 4 is 11.6 Å². The third kappa shape index (κ3) is 2.53. The molecular formula is C18H22O3. The molecule has 0 amide bonds. The van der Waals surface area contributed by atoms with E-state index in [9.17, 15) is 14.7 Å². The summed E-state index contributed by atoms with van der Waals surface area (Å²) in [6, 6.07) is 3.40. The first-order valence-electron chi connectivity index (χ1n) is 7.12. The van der Waals surface area contributed by atoms with Crippen molar-refractivity contribution in [2.75, 3.05) is 0 Å². The number of Topliss-reactive ketones (excluding diaryl/α,β-unsaturated/α-hetero) is 1. The quantitative estimate of drug-likeness (QED) is 0.783. The van der Waals surface area contributed by atoms with Gasteiger partial charge in [0.15, 0.2) is 11.6 Å². The average Bonchev–Trinajstić information content (AvgIpc) is 2.30. The Kier molecular flexibility index (Phi) is 3.36. The first-order valence-corrected chi connectivity index (χ1v) is 7.12. The van der Waals surface area contributed by atoms with E-state index in [2.05, 4.69) is 0 Å². The van der Waals surface area contributed by atoms with Crippen LogP contribution in [-0.2, 0) is 5.41 Å². The number of rotatable bonds is 0. The normalized spacial score (nSPS) is 15.8. The second kappa shape index (κ2) is 4.55. The smallest absolute Gasteiger partial charge is 0.190 e. The fraction of sp³-hybridized carbons (Fsp3) is 0.444. The summed E-state index contributed by atoms with van der Waals surface area (Å²) in [4.78, 5) is 25.0. The van der Waals surface area contributed by atoms with Crippen LogP contribution in [-0.4, -0.2) is 16.7 Å². The third-order valence-electron chi connectivity index (χ3n) is 3.81. The van der Waals surface area contributed by atoms with Crippen LogP contribution in [0, 0.1) is 5.41 Å². The van der Waals surface area contributed by atoms with Gasteiger partial charge in [0.1, 0.15) is 5.75 Å². The maximum Gasteiger partial charge on any atom is 0.190 e. The van der Waals surface area contributed by atoms with Gasteiger partial charge < -0.3 is 5.11 Å². The predicted octanol–water partition coefficient (Wildman–Crippen LogP) is 4.04. The molecule has 3 nitrogen and oxygen atoms in total. The molecule has 0 spiro atoms. The number of aromatic hydroxyl groups is 1. The third-order valence-corrected chi connectivity index (χ3v) is 3.81. The fourth-order valence-electron chi connectivity index (χ4n) is 2.61. The molecule has 0 atom stereocenters. The Morgan fingerprint density at radius 3 is 1.95 bits per heavy atom. The molecule has 0 bridgehead atoms. The molecule has 0 unspecified atom stereocenters. The number of carbonyl (C=O) groups is 2. The number of ketones is 2. The summed E-state index contributed by atoms with van der Waals surface area (Å²) in [5.41, 5.74) is 0.912. The molecule has 0 saturated carbocycles. The van der Waals surface area contributed by atoms with Crippen LogP contribution in [0.1, 0.15) is 67.8 Å². The van der Waals surface area contributed by atoms with Gasteiger partial charge in [0.05, 0.1) is 5.56 Å². The van der Waals surface area contributed by atoms with Gasteiger partial charge in [-0.1, -0.05) is 47.6 Å². The molecule has 112 valence electrons. The number of benzene rings is 1. The molecule has 1 aliphatic rings. The molecule has 0 heterocycles. The highest BCUT2D eigenvalue weighted by molar-refractivity contribution is 6.26. The second-order valence-corrected chi connectivity index (χ2v) is 7.64. The van der Waals surface area contributed by atoms with Crippen molar-refractivity contribution in [3.63, 3.8) is 0 Å². The van der Waals surface area contributed by atoms with Gasteiger partial charge in [-0.2, -0.15) is 0 Å². The van der Waals surface area contributed by atoms with Crippen LogP contribution in [0.3, 0.4) is 0 Å². The minimum atomic E-state index is -0.400. The first kappa shape index (κ1) is 15.5. The van der Waals surface area contributed by atoms with Gasteiger partial charge in [-0.15, -0.1) is 0 Å². The van der Waals surface area contributed by atoms with E-state index >= 15 is 0 Å². The maximum absolute atomic E-state index is 12.6. The molecular weight excluding hydrogens is 264 g/mol. The van der Waals surface area contributed by atoms with Gasteiger partial charge in [-0.25, -0.2) is 0 Å². The Morgan fingerprint density at radius 1 is 0.905 bits per heavy atom. The number of hydrogen-bond acceptors (Lipinski definition) is 3. The minimum Gasteiger partial charge on any atom is -0.507 e. The number of carbonyl (C=O) groups excluding carboxylic acids is 2. The summed E-state index contributed by atoms with van der Waals surface area (Å²) in [7, 11) is 0. The summed E-state index contributed by atoms with van der Waals surface area (Å²) in [5.74, 6) is -0.534. The lowest BCUT2D eigenvalue weighted by molar-refractivity contribution is 0.0964. The zero-order chi connectivity index (χ0) is 16.2. The first-order chi connectivity index (χ1) is 9.44. The highest BCUT2D eigenvalue weighted by Crippen LogP contribution is 2.40. The molecule has 0 saturated heterocycles. The highest BCUT2D eigenvalue weighted by Gasteiger charge is 2.35. The van der Waals surface area contributed by atoms with E-state index in [-0.39, 0.29) is 28.3 Å². The van der Waals surface area contributed by atoms with Gasteiger partial charge in [-0.3, -0.25) is 9.59 Å². The van der Waals surface area contributed by atoms with Crippen LogP contribution < -0.4 is 0 Å². The van der Waals surface area contributed by atoms with Gasteiger partial charge >= 0.3 is 0 Å². The van der Waals surface area contributed by atoms with Crippen LogP contribution in [0.5, 0.6) is 5.75 Å². The van der Waals surface area contributed by atoms with Crippen molar-refractivity contribution in [2.45, 2.75) is 47.0 Å². The van der Waals surface area contributed by atoms with E-state index in [1.165, 1.54) is 6.08 Å². The molecule has 2 rings (SSSR count). The van der Waals surface area contributed by atoms with E-state index in [1.54, 1.807) is 12.1 Å². The monoisotopic (exact) mass is 286 g/mol. The van der Waals surface area contributed by atoms with Crippen molar-refractivity contribution in [3.8, 4) is 5.75 Å². The lowest BCUT2D eigenvalue weighted by Gasteiger charge is -2.28. The highest BCUT2D eigenvalue weighted by atomic mass is 16.3. The van der Waals surface area contributed by atoms with E-state index in [1.807, 2.05) is 41.5 Å². The Hall–Kier alpha value is -1.90. The van der Waals surface area contributed by atoms with Crippen LogP contribution in [0.2, 0.25) is 0 Å². The van der Waals surface area contributed by atoms with E-state index in [4.69, 9.17) is 0 Å². The lowest BCUT2D eigenvalue weighted by Crippen LogP contribution is -2.26. The molecule has 1 aromatic carbocycles. The average molecular weight is 286 g/mol. The van der Waals surface area contributed by atoms with Gasteiger partial charge in [0.2, 0.25) is 0 Å². The molecule has 21 heavy (non-hydrogen) atoms. The summed E-state index contributed by atoms with van der Waals surface area (Å²) < 4.78 is 0. The summed E-state index contributed by atoms with van der Waals surface area (Å²) in [5, 5.41) is 10.4. The van der Waals surface area contributed by atoms with Gasteiger partial charge in [0.25, 0.3) is 0 Å². The SMILES string of the molecule is CC(C)(C)C1=CC(=O)c2c(ccc(C(C)(C)C)c2O)C1=O. The van der Waals surface area contributed by atoms with Gasteiger partial charge in [-0.05, 0) is 23.0 Å². The largest absolute Gasteiger partial charge is 0.507 e. The maximum atomic E-state index is 12.6. The Bertz CT molecular complexity index is 665. The Morgan fingerprint density at radius 2 is 1.48 bits per heavy atom. The van der Waals surface area contributed by atoms with Gasteiger partial charge in [0, 0.05) is 16.7 Å². The van der Waals surface area contributed by atoms with E-state index < -0.39 is 5.41 Å². The molecule has 0 radical (unpaired) electrons. The zero-order valence-electron chi connectivity index (χ0n) is 13.5. The van der Waals surface area contributed by atoms with Crippen molar-refractivity contribution in [3.05, 3.63) is 40.5 Å². The molecule has 0 aromatic heterocycles. The molecule has 1 N–H and O–H groups in total. The predicted molar refractivity (Wildman–Crippen MR) is 83.0 cm³/mol. The van der Waals surface area contributed by atoms with Crippen molar-refractivity contribution in [1.29, 1.82) is 0 Å². The standard InChI is InChI=1S/C18H22O3/c1-17(2,3)11-8-7-10-14(16(11)21)13(19)9-12(15(10)20)18(4,5)6/h7-9,21H,1-6H3. The number of allylic oxidation sites excluding steroid dienone is 2. The van der Waals surface area contributed by atoms with Crippen LogP contribution in [0.4, 0.5) is 0 Å². The number of fused-ring (bicyclic) bond motifs is 1. The summed E-state index contributed by atoms with van der Waals surface area (Å²) >= 11 is 0. The van der Waals surface area contributed by atoms with Crippen LogP contribution in [0.25, 0.3) is 0 Å². The lowest BCUT2D eigenvalue weighted by atomic mass is 9.75. The van der Waals surface area contributed by atoms with E-state index in [0.29, 0.717) is 16.7 Å². The Labute approximate surface area is 125 Å². The summed E-state index contributed by atoms with van der Waals surface area (Å²) in [6.45, 7) is 11.6. The number of hydrogen-bond donors (Lipinski definition) is 1. The molecule has 1 aromatic rings. The molecule has 3 heteroatoms. The Balaban J connectivity index is 2.69. The second-order valence-electron chi connectivity index (χ2n) is 7.64. The molecule has 0 aliphatic heterocycles. The van der Waals surface area contributed by atoms with Crippen LogP contribution in [0.15, 0.2) is 23.8 Å². The zero-order valence-corrected chi connectivity index (χ0v) is 13.5. The van der Waals surface area contributed by atoms with Crippen molar-refractivity contribution < 1.29 is 14.7 Å². The van der Waals surface area contributed by atoms with Crippen LogP contribution >= 0.6 is 0 Å².